The van der Waals surface area contributed by atoms with Crippen molar-refractivity contribution in [3.63, 3.8) is 0 Å². The van der Waals surface area contributed by atoms with Crippen LogP contribution in [0.15, 0.2) is 6.07 Å². The molecule has 1 rings (SSSR count). The van der Waals surface area contributed by atoms with Crippen LogP contribution in [0.25, 0.3) is 0 Å². The second-order valence-electron chi connectivity index (χ2n) is 3.66. The number of nitrogens with zero attached hydrogens (tertiary/aromatic N) is 1. The molecule has 1 amide bonds. The van der Waals surface area contributed by atoms with Gasteiger partial charge in [0.05, 0.1) is 0 Å². The Hall–Kier alpha value is -1.72. The van der Waals surface area contributed by atoms with Crippen LogP contribution in [-0.2, 0) is 0 Å². The molecule has 3 N–H and O–H groups in total. The molecule has 0 saturated carbocycles. The highest BCUT2D eigenvalue weighted by molar-refractivity contribution is 5.94. The fourth-order valence-electron chi connectivity index (χ4n) is 1.37. The van der Waals surface area contributed by atoms with Crippen LogP contribution in [0.3, 0.4) is 0 Å². The minimum absolute atomic E-state index is 0.289. The largest absolute Gasteiger partial charge is 0.384 e. The van der Waals surface area contributed by atoms with E-state index in [1.165, 1.54) is 0 Å². The van der Waals surface area contributed by atoms with Gasteiger partial charge in [-0.15, -0.1) is 0 Å². The summed E-state index contributed by atoms with van der Waals surface area (Å²) in [6.45, 7) is 2.40. The predicted molar refractivity (Wildman–Crippen MR) is 60.4 cm³/mol. The van der Waals surface area contributed by atoms with Crippen LogP contribution >= 0.6 is 0 Å². The number of halogens is 2. The van der Waals surface area contributed by atoms with Gasteiger partial charge in [0.2, 0.25) is 5.95 Å². The van der Waals surface area contributed by atoms with E-state index in [-0.39, 0.29) is 5.82 Å². The Bertz CT molecular complexity index is 387. The van der Waals surface area contributed by atoms with Crippen LogP contribution in [0.5, 0.6) is 0 Å². The predicted octanol–water partition coefficient (Wildman–Crippen LogP) is 1.86. The first-order chi connectivity index (χ1) is 8.06. The van der Waals surface area contributed by atoms with Crippen LogP contribution in [0.1, 0.15) is 36.5 Å². The van der Waals surface area contributed by atoms with Crippen LogP contribution in [0, 0.1) is 11.8 Å². The first-order valence-corrected chi connectivity index (χ1v) is 5.46. The van der Waals surface area contributed by atoms with Gasteiger partial charge in [-0.2, -0.15) is 4.39 Å². The van der Waals surface area contributed by atoms with Gasteiger partial charge in [0.25, 0.3) is 5.91 Å². The molecule has 0 spiro atoms. The van der Waals surface area contributed by atoms with E-state index in [9.17, 15) is 13.6 Å². The second kappa shape index (κ2) is 6.12. The molecule has 0 radical (unpaired) electrons. The summed E-state index contributed by atoms with van der Waals surface area (Å²) in [6, 6.07) is 0.823. The number of hydrogen-bond donors (Lipinski definition) is 2. The molecular formula is C11H15F2N3O. The molecule has 0 aliphatic rings. The van der Waals surface area contributed by atoms with Gasteiger partial charge in [0, 0.05) is 12.6 Å². The maximum absolute atomic E-state index is 13.3. The van der Waals surface area contributed by atoms with E-state index in [0.717, 1.165) is 25.3 Å². The molecule has 1 heterocycles. The Labute approximate surface area is 98.2 Å². The second-order valence-corrected chi connectivity index (χ2v) is 3.66. The van der Waals surface area contributed by atoms with Gasteiger partial charge in [-0.05, 0) is 6.42 Å². The number of anilines is 1. The molecule has 94 valence electrons. The fraction of sp³-hybridized carbons (Fsp3) is 0.455. The van der Waals surface area contributed by atoms with Crippen molar-refractivity contribution in [2.75, 3.05) is 12.3 Å². The van der Waals surface area contributed by atoms with E-state index in [1.54, 1.807) is 0 Å². The average molecular weight is 243 g/mol. The molecule has 0 fully saturated rings. The van der Waals surface area contributed by atoms with Crippen molar-refractivity contribution in [2.45, 2.75) is 26.2 Å². The molecule has 6 heteroatoms. The lowest BCUT2D eigenvalue weighted by Crippen LogP contribution is -2.27. The molecule has 4 nitrogen and oxygen atoms in total. The molecule has 0 atom stereocenters. The first kappa shape index (κ1) is 13.3. The Balaban J connectivity index is 2.69. The highest BCUT2D eigenvalue weighted by Gasteiger charge is 2.18. The highest BCUT2D eigenvalue weighted by atomic mass is 19.1. The molecular weight excluding hydrogens is 228 g/mol. The molecule has 0 aromatic carbocycles. The van der Waals surface area contributed by atoms with Crippen LogP contribution in [-0.4, -0.2) is 17.4 Å². The molecule has 1 aromatic rings. The zero-order valence-electron chi connectivity index (χ0n) is 9.59. The summed E-state index contributed by atoms with van der Waals surface area (Å²) in [5.41, 5.74) is 4.46. The Morgan fingerprint density at radius 3 is 2.76 bits per heavy atom. The van der Waals surface area contributed by atoms with Crippen LogP contribution in [0.2, 0.25) is 0 Å². The van der Waals surface area contributed by atoms with E-state index in [0.29, 0.717) is 6.54 Å². The molecule has 17 heavy (non-hydrogen) atoms. The summed E-state index contributed by atoms with van der Waals surface area (Å²) in [4.78, 5) is 14.7. The van der Waals surface area contributed by atoms with Gasteiger partial charge in [-0.3, -0.25) is 4.79 Å². The highest BCUT2D eigenvalue weighted by Crippen LogP contribution is 2.13. The van der Waals surface area contributed by atoms with Crippen LogP contribution < -0.4 is 11.1 Å². The molecule has 1 aromatic heterocycles. The lowest BCUT2D eigenvalue weighted by molar-refractivity contribution is 0.0943. The maximum Gasteiger partial charge on any atom is 0.258 e. The van der Waals surface area contributed by atoms with Gasteiger partial charge in [0.15, 0.2) is 0 Å². The van der Waals surface area contributed by atoms with Crippen molar-refractivity contribution in [1.29, 1.82) is 0 Å². The van der Waals surface area contributed by atoms with E-state index >= 15 is 0 Å². The lowest BCUT2D eigenvalue weighted by atomic mass is 10.2. The fourth-order valence-corrected chi connectivity index (χ4v) is 1.37. The third-order valence-corrected chi connectivity index (χ3v) is 2.24. The quantitative estimate of drug-likeness (QED) is 0.612. The van der Waals surface area contributed by atoms with E-state index in [2.05, 4.69) is 10.3 Å². The molecule has 0 bridgehead atoms. The van der Waals surface area contributed by atoms with Crippen LogP contribution in [0.4, 0.5) is 14.6 Å². The van der Waals surface area contributed by atoms with Gasteiger partial charge in [-0.25, -0.2) is 9.37 Å². The number of nitrogens with two attached hydrogens (primary N) is 1. The number of carbonyl (C=O) groups is 1. The van der Waals surface area contributed by atoms with Gasteiger partial charge in [-0.1, -0.05) is 19.8 Å². The number of nitrogens with one attached hydrogen (secondary N) is 1. The number of aromatic nitrogens is 1. The van der Waals surface area contributed by atoms with Gasteiger partial charge < -0.3 is 11.1 Å². The van der Waals surface area contributed by atoms with Gasteiger partial charge >= 0.3 is 0 Å². The maximum atomic E-state index is 13.3. The number of amides is 1. The number of nitrogen functional groups attached to an aromatic ring is 1. The van der Waals surface area contributed by atoms with E-state index < -0.39 is 23.2 Å². The number of carbonyl (C=O) groups excluding carboxylic acids is 1. The Morgan fingerprint density at radius 2 is 2.18 bits per heavy atom. The van der Waals surface area contributed by atoms with E-state index in [1.807, 2.05) is 6.92 Å². The molecule has 0 unspecified atom stereocenters. The molecule has 0 aliphatic carbocycles. The number of pyridine rings is 1. The Morgan fingerprint density at radius 1 is 1.47 bits per heavy atom. The smallest absolute Gasteiger partial charge is 0.258 e. The number of hydrogen-bond acceptors (Lipinski definition) is 3. The summed E-state index contributed by atoms with van der Waals surface area (Å²) in [5, 5.41) is 2.44. The van der Waals surface area contributed by atoms with Crippen molar-refractivity contribution in [2.24, 2.45) is 0 Å². The summed E-state index contributed by atoms with van der Waals surface area (Å²) in [6.07, 6.45) is 2.72. The number of unbranched alkanes of at least 4 members (excludes halogenated alkanes) is 2. The minimum atomic E-state index is -1.18. The summed E-state index contributed by atoms with van der Waals surface area (Å²) < 4.78 is 26.6. The summed E-state index contributed by atoms with van der Waals surface area (Å²) in [7, 11) is 0. The lowest BCUT2D eigenvalue weighted by Gasteiger charge is -2.06. The summed E-state index contributed by atoms with van der Waals surface area (Å²) >= 11 is 0. The number of rotatable bonds is 5. The third kappa shape index (κ3) is 3.65. The zero-order valence-corrected chi connectivity index (χ0v) is 9.59. The SMILES string of the molecule is CCCCCNC(=O)c1c(F)cc(N)nc1F. The third-order valence-electron chi connectivity index (χ3n) is 2.24. The average Bonchev–Trinajstić information content (AvgIpc) is 2.23. The molecule has 0 saturated heterocycles. The van der Waals surface area contributed by atoms with Crippen molar-refractivity contribution in [1.82, 2.24) is 10.3 Å². The topological polar surface area (TPSA) is 68.0 Å². The standard InChI is InChI=1S/C11H15F2N3O/c1-2-3-4-5-15-11(17)9-7(12)6-8(14)16-10(9)13/h6H,2-5H2,1H3,(H2,14,16)(H,15,17). The van der Waals surface area contributed by atoms with Crippen molar-refractivity contribution < 1.29 is 13.6 Å². The van der Waals surface area contributed by atoms with Gasteiger partial charge in [0.1, 0.15) is 17.2 Å². The Kier molecular flexibility index (Phi) is 4.81. The zero-order chi connectivity index (χ0) is 12.8. The summed E-state index contributed by atoms with van der Waals surface area (Å²) in [5.74, 6) is -3.27. The van der Waals surface area contributed by atoms with Crippen molar-refractivity contribution in [3.05, 3.63) is 23.4 Å². The molecule has 0 aliphatic heterocycles. The minimum Gasteiger partial charge on any atom is -0.384 e. The van der Waals surface area contributed by atoms with Crippen molar-refractivity contribution >= 4 is 11.7 Å². The first-order valence-electron chi connectivity index (χ1n) is 5.46. The monoisotopic (exact) mass is 243 g/mol. The van der Waals surface area contributed by atoms with E-state index in [4.69, 9.17) is 5.73 Å². The normalized spacial score (nSPS) is 10.3. The van der Waals surface area contributed by atoms with Crippen molar-refractivity contribution in [3.8, 4) is 0 Å².